The van der Waals surface area contributed by atoms with Gasteiger partial charge in [0.25, 0.3) is 6.29 Å². The quantitative estimate of drug-likeness (QED) is 0.0217. The maximum Gasteiger partial charge on any atom is 0.361 e. The summed E-state index contributed by atoms with van der Waals surface area (Å²) in [5.74, 6) is -2.01. The Bertz CT molecular complexity index is 887. The highest BCUT2D eigenvalue weighted by Crippen LogP contribution is 2.15. The van der Waals surface area contributed by atoms with E-state index < -0.39 is 24.3 Å². The van der Waals surface area contributed by atoms with Gasteiger partial charge in [-0.05, 0) is 38.5 Å². The van der Waals surface area contributed by atoms with Crippen LogP contribution in [0.15, 0.2) is 12.2 Å². The molecule has 0 saturated carbocycles. The Morgan fingerprint density at radius 1 is 0.547 bits per heavy atom. The normalized spacial score (nSPS) is 13.0. The fraction of sp³-hybridized carbons (Fsp3) is 0.886. The minimum absolute atomic E-state index is 0.180. The highest BCUT2D eigenvalue weighted by Gasteiger charge is 2.25. The van der Waals surface area contributed by atoms with Crippen molar-refractivity contribution in [3.63, 3.8) is 0 Å². The third kappa shape index (κ3) is 38.1. The summed E-state index contributed by atoms with van der Waals surface area (Å²) in [6.07, 6.45) is 34.0. The van der Waals surface area contributed by atoms with Crippen molar-refractivity contribution in [2.24, 2.45) is 0 Å². The molecule has 9 heteroatoms. The summed E-state index contributed by atoms with van der Waals surface area (Å²) in [4.78, 5) is 37.0. The summed E-state index contributed by atoms with van der Waals surface area (Å²) in [6.45, 7) is 4.86. The third-order valence-electron chi connectivity index (χ3n) is 9.52. The summed E-state index contributed by atoms with van der Waals surface area (Å²) in [5.41, 5.74) is 0. The molecule has 0 aromatic rings. The molecule has 312 valence electrons. The summed E-state index contributed by atoms with van der Waals surface area (Å²) < 4.78 is 22.7. The van der Waals surface area contributed by atoms with Crippen LogP contribution in [0.5, 0.6) is 0 Å². The number of nitrogens with zero attached hydrogens (tertiary/aromatic N) is 1. The number of carboxylic acid groups (broad SMARTS) is 1. The lowest BCUT2D eigenvalue weighted by Gasteiger charge is -2.25. The molecule has 2 atom stereocenters. The first-order chi connectivity index (χ1) is 25.6. The van der Waals surface area contributed by atoms with Crippen LogP contribution in [0.3, 0.4) is 0 Å². The second kappa shape index (κ2) is 37.0. The third-order valence-corrected chi connectivity index (χ3v) is 9.52. The predicted octanol–water partition coefficient (Wildman–Crippen LogP) is 11.1. The van der Waals surface area contributed by atoms with E-state index in [4.69, 9.17) is 18.9 Å². The van der Waals surface area contributed by atoms with Crippen LogP contribution in [-0.2, 0) is 33.3 Å². The Kier molecular flexibility index (Phi) is 35.6. The maximum absolute atomic E-state index is 12.7. The van der Waals surface area contributed by atoms with Crippen LogP contribution in [0.2, 0.25) is 0 Å². The lowest BCUT2D eigenvalue weighted by Crippen LogP contribution is -2.40. The molecule has 53 heavy (non-hydrogen) atoms. The molecule has 0 aliphatic heterocycles. The number of allylic oxidation sites excluding steroid dienone is 2. The standard InChI is InChI=1S/C44H83NO8/c1-6-8-10-12-14-16-18-20-22-24-26-28-30-32-34-41(46)51-38-40(39-52-44(43(48)49)50-37-36-45(3,4)5)53-42(47)35-33-31-29-27-25-23-21-19-17-15-13-11-9-7-2/h19,21,40,44H,6-18,20,22-39H2,1-5H3/p+1/b21-19-. The number of carbonyl (C=O) groups is 3. The Morgan fingerprint density at radius 3 is 1.40 bits per heavy atom. The van der Waals surface area contributed by atoms with E-state index in [0.29, 0.717) is 23.9 Å². The van der Waals surface area contributed by atoms with Crippen molar-refractivity contribution in [3.05, 3.63) is 12.2 Å². The first kappa shape index (κ1) is 51.0. The fourth-order valence-corrected chi connectivity index (χ4v) is 6.07. The number of esters is 2. The van der Waals surface area contributed by atoms with E-state index in [2.05, 4.69) is 26.0 Å². The molecule has 0 aromatic heterocycles. The summed E-state index contributed by atoms with van der Waals surface area (Å²) in [5, 5.41) is 9.61. The van der Waals surface area contributed by atoms with Gasteiger partial charge in [-0.2, -0.15) is 0 Å². The van der Waals surface area contributed by atoms with Crippen molar-refractivity contribution in [2.75, 3.05) is 47.5 Å². The van der Waals surface area contributed by atoms with Crippen molar-refractivity contribution in [2.45, 2.75) is 206 Å². The van der Waals surface area contributed by atoms with E-state index in [1.165, 1.54) is 109 Å². The molecule has 0 amide bonds. The van der Waals surface area contributed by atoms with E-state index in [0.717, 1.165) is 51.4 Å². The van der Waals surface area contributed by atoms with Gasteiger partial charge in [0, 0.05) is 12.8 Å². The SMILES string of the molecule is CCCCCCC/C=C\CCCCCCCC(=O)OC(COC(=O)CCCCCCCCCCCCCCCC)COC(OCC[N+](C)(C)C)C(=O)O. The van der Waals surface area contributed by atoms with Crippen molar-refractivity contribution < 1.29 is 42.9 Å². The highest BCUT2D eigenvalue weighted by molar-refractivity contribution is 5.71. The van der Waals surface area contributed by atoms with Gasteiger partial charge in [-0.1, -0.05) is 154 Å². The van der Waals surface area contributed by atoms with Crippen LogP contribution < -0.4 is 0 Å². The number of ether oxygens (including phenoxy) is 4. The number of unbranched alkanes of at least 4 members (excludes halogenated alkanes) is 23. The zero-order valence-corrected chi connectivity index (χ0v) is 35.2. The first-order valence-electron chi connectivity index (χ1n) is 21.9. The average molecular weight is 755 g/mol. The van der Waals surface area contributed by atoms with Gasteiger partial charge in [0.2, 0.25) is 0 Å². The van der Waals surface area contributed by atoms with Crippen molar-refractivity contribution in [1.29, 1.82) is 0 Å². The highest BCUT2D eigenvalue weighted by atomic mass is 16.7. The number of rotatable bonds is 40. The molecule has 0 aromatic carbocycles. The predicted molar refractivity (Wildman–Crippen MR) is 217 cm³/mol. The number of carbonyl (C=O) groups excluding carboxylic acids is 2. The Morgan fingerprint density at radius 2 is 0.962 bits per heavy atom. The van der Waals surface area contributed by atoms with Gasteiger partial charge in [-0.25, -0.2) is 4.79 Å². The minimum Gasteiger partial charge on any atom is -0.477 e. The lowest BCUT2D eigenvalue weighted by molar-refractivity contribution is -0.870. The average Bonchev–Trinajstić information content (AvgIpc) is 3.11. The summed E-state index contributed by atoms with van der Waals surface area (Å²) >= 11 is 0. The molecule has 0 radical (unpaired) electrons. The smallest absolute Gasteiger partial charge is 0.361 e. The van der Waals surface area contributed by atoms with Crippen LogP contribution >= 0.6 is 0 Å². The molecular weight excluding hydrogens is 670 g/mol. The summed E-state index contributed by atoms with van der Waals surface area (Å²) in [6, 6.07) is 0. The largest absolute Gasteiger partial charge is 0.477 e. The van der Waals surface area contributed by atoms with Gasteiger partial charge in [0.05, 0.1) is 34.4 Å². The van der Waals surface area contributed by atoms with Gasteiger partial charge >= 0.3 is 17.9 Å². The number of quaternary nitrogens is 1. The number of likely N-dealkylation sites (N-methyl/N-ethyl adjacent to an activating group) is 1. The molecule has 0 bridgehead atoms. The number of hydrogen-bond donors (Lipinski definition) is 1. The number of aliphatic carboxylic acids is 1. The van der Waals surface area contributed by atoms with Gasteiger partial charge in [0.15, 0.2) is 6.10 Å². The van der Waals surface area contributed by atoms with E-state index in [9.17, 15) is 19.5 Å². The first-order valence-corrected chi connectivity index (χ1v) is 21.9. The zero-order chi connectivity index (χ0) is 39.3. The van der Waals surface area contributed by atoms with E-state index in [1.54, 1.807) is 0 Å². The summed E-state index contributed by atoms with van der Waals surface area (Å²) in [7, 11) is 5.95. The molecule has 2 unspecified atom stereocenters. The molecule has 1 N–H and O–H groups in total. The Balaban J connectivity index is 4.46. The van der Waals surface area contributed by atoms with E-state index in [1.807, 2.05) is 21.1 Å². The lowest BCUT2D eigenvalue weighted by atomic mass is 10.0. The molecular formula is C44H84NO8+. The zero-order valence-electron chi connectivity index (χ0n) is 35.2. The Hall–Kier alpha value is -1.97. The molecule has 0 heterocycles. The minimum atomic E-state index is -1.50. The molecule has 0 saturated heterocycles. The van der Waals surface area contributed by atoms with Gasteiger partial charge in [-0.15, -0.1) is 0 Å². The van der Waals surface area contributed by atoms with E-state index >= 15 is 0 Å². The molecule has 0 rings (SSSR count). The monoisotopic (exact) mass is 755 g/mol. The molecule has 0 aliphatic carbocycles. The second-order valence-corrected chi connectivity index (χ2v) is 16.0. The Labute approximate surface area is 325 Å². The molecule has 9 nitrogen and oxygen atoms in total. The number of carboxylic acids is 1. The van der Waals surface area contributed by atoms with Crippen molar-refractivity contribution >= 4 is 17.9 Å². The van der Waals surface area contributed by atoms with Crippen molar-refractivity contribution in [3.8, 4) is 0 Å². The second-order valence-electron chi connectivity index (χ2n) is 16.0. The molecule has 0 fully saturated rings. The van der Waals surface area contributed by atoms with Gasteiger partial charge < -0.3 is 28.5 Å². The number of hydrogen-bond acceptors (Lipinski definition) is 7. The van der Waals surface area contributed by atoms with Gasteiger partial charge in [-0.3, -0.25) is 9.59 Å². The van der Waals surface area contributed by atoms with Crippen LogP contribution in [-0.4, -0.2) is 87.4 Å². The van der Waals surface area contributed by atoms with Gasteiger partial charge in [0.1, 0.15) is 13.2 Å². The van der Waals surface area contributed by atoms with Crippen LogP contribution in [0.4, 0.5) is 0 Å². The van der Waals surface area contributed by atoms with Crippen molar-refractivity contribution in [1.82, 2.24) is 0 Å². The topological polar surface area (TPSA) is 108 Å². The van der Waals surface area contributed by atoms with Crippen LogP contribution in [0.1, 0.15) is 194 Å². The fourth-order valence-electron chi connectivity index (χ4n) is 6.07. The van der Waals surface area contributed by atoms with Crippen LogP contribution in [0, 0.1) is 0 Å². The molecule has 0 spiro atoms. The van der Waals surface area contributed by atoms with E-state index in [-0.39, 0.29) is 32.2 Å². The molecule has 0 aliphatic rings. The maximum atomic E-state index is 12.7. The van der Waals surface area contributed by atoms with Crippen LogP contribution in [0.25, 0.3) is 0 Å².